The van der Waals surface area contributed by atoms with Crippen LogP contribution in [0.25, 0.3) is 0 Å². The van der Waals surface area contributed by atoms with Crippen LogP contribution in [0.5, 0.6) is 0 Å². The first kappa shape index (κ1) is 11.9. The third kappa shape index (κ3) is 2.56. The summed E-state index contributed by atoms with van der Waals surface area (Å²) in [5.41, 5.74) is 2.55. The van der Waals surface area contributed by atoms with E-state index in [1.807, 2.05) is 35.9 Å². The molecule has 0 aliphatic heterocycles. The van der Waals surface area contributed by atoms with Crippen LogP contribution < -0.4 is 0 Å². The van der Waals surface area contributed by atoms with E-state index in [2.05, 4.69) is 4.98 Å². The highest BCUT2D eigenvalue weighted by atomic mass is 35.5. The molecule has 17 heavy (non-hydrogen) atoms. The lowest BCUT2D eigenvalue weighted by molar-refractivity contribution is 0.111. The fraction of sp³-hybridized carbons (Fsp3) is 0.231. The second kappa shape index (κ2) is 5.15. The third-order valence-corrected chi connectivity index (χ3v) is 3.16. The van der Waals surface area contributed by atoms with E-state index in [1.54, 1.807) is 6.33 Å². The van der Waals surface area contributed by atoms with Gasteiger partial charge in [-0.3, -0.25) is 4.79 Å². The molecule has 2 aromatic rings. The highest BCUT2D eigenvalue weighted by Gasteiger charge is 2.08. The molecule has 0 amide bonds. The predicted octanol–water partition coefficient (Wildman–Crippen LogP) is 2.67. The molecular weight excluding hydrogens is 236 g/mol. The molecule has 0 spiro atoms. The Morgan fingerprint density at radius 3 is 2.82 bits per heavy atom. The number of benzene rings is 1. The minimum absolute atomic E-state index is 0.513. The lowest BCUT2D eigenvalue weighted by Gasteiger charge is -2.05. The number of hydrogen-bond acceptors (Lipinski definition) is 2. The van der Waals surface area contributed by atoms with Crippen LogP contribution in [0, 0.1) is 0 Å². The lowest BCUT2D eigenvalue weighted by Crippen LogP contribution is -2.01. The fourth-order valence-corrected chi connectivity index (χ4v) is 2.06. The van der Waals surface area contributed by atoms with E-state index in [9.17, 15) is 4.79 Å². The van der Waals surface area contributed by atoms with Gasteiger partial charge in [0.05, 0.1) is 6.33 Å². The van der Waals surface area contributed by atoms with Gasteiger partial charge in [0, 0.05) is 17.8 Å². The number of aldehydes is 1. The van der Waals surface area contributed by atoms with Crippen molar-refractivity contribution < 1.29 is 4.79 Å². The Morgan fingerprint density at radius 1 is 1.35 bits per heavy atom. The average molecular weight is 249 g/mol. The molecule has 0 fully saturated rings. The summed E-state index contributed by atoms with van der Waals surface area (Å²) in [6, 6.07) is 7.75. The number of carbonyl (C=O) groups is 1. The normalized spacial score (nSPS) is 10.5. The van der Waals surface area contributed by atoms with Crippen LogP contribution in [0.15, 0.2) is 30.6 Å². The molecule has 0 radical (unpaired) electrons. The van der Waals surface area contributed by atoms with Crippen LogP contribution in [0.4, 0.5) is 0 Å². The topological polar surface area (TPSA) is 34.9 Å². The molecule has 0 bridgehead atoms. The van der Waals surface area contributed by atoms with Crippen LogP contribution in [0.3, 0.4) is 0 Å². The van der Waals surface area contributed by atoms with E-state index in [4.69, 9.17) is 11.6 Å². The van der Waals surface area contributed by atoms with Crippen LogP contribution in [-0.2, 0) is 19.9 Å². The van der Waals surface area contributed by atoms with E-state index in [0.29, 0.717) is 5.69 Å². The molecule has 1 aromatic carbocycles. The number of hydrogen-bond donors (Lipinski definition) is 0. The summed E-state index contributed by atoms with van der Waals surface area (Å²) in [7, 11) is 1.89. The standard InChI is InChI=1S/C13H13ClN2O/c1-16-9-15-12(8-17)13(16)7-6-10-4-2-3-5-11(10)14/h2-5,8-9H,6-7H2,1H3. The zero-order valence-electron chi connectivity index (χ0n) is 9.56. The van der Waals surface area contributed by atoms with Crippen molar-refractivity contribution >= 4 is 17.9 Å². The van der Waals surface area contributed by atoms with Crippen LogP contribution >= 0.6 is 11.6 Å². The monoisotopic (exact) mass is 248 g/mol. The molecule has 1 heterocycles. The molecule has 0 unspecified atom stereocenters. The Hall–Kier alpha value is -1.61. The first-order valence-electron chi connectivity index (χ1n) is 5.41. The van der Waals surface area contributed by atoms with Gasteiger partial charge in [0.25, 0.3) is 0 Å². The van der Waals surface area contributed by atoms with Crippen molar-refractivity contribution in [2.75, 3.05) is 0 Å². The Labute approximate surface area is 105 Å². The second-order valence-electron chi connectivity index (χ2n) is 3.90. The summed E-state index contributed by atoms with van der Waals surface area (Å²) in [6.45, 7) is 0. The van der Waals surface area contributed by atoms with Crippen LogP contribution in [0.2, 0.25) is 5.02 Å². The van der Waals surface area contributed by atoms with E-state index >= 15 is 0 Å². The maximum atomic E-state index is 10.8. The largest absolute Gasteiger partial charge is 0.337 e. The first-order valence-corrected chi connectivity index (χ1v) is 5.79. The Bertz CT molecular complexity index is 534. The Morgan fingerprint density at radius 2 is 2.12 bits per heavy atom. The van der Waals surface area contributed by atoms with E-state index in [1.165, 1.54) is 0 Å². The van der Waals surface area contributed by atoms with E-state index in [0.717, 1.165) is 35.4 Å². The van der Waals surface area contributed by atoms with Gasteiger partial charge in [0.1, 0.15) is 5.69 Å². The molecule has 0 atom stereocenters. The van der Waals surface area contributed by atoms with E-state index in [-0.39, 0.29) is 0 Å². The number of carbonyl (C=O) groups excluding carboxylic acids is 1. The number of aryl methyl sites for hydroxylation is 2. The molecule has 3 nitrogen and oxygen atoms in total. The minimum atomic E-state index is 0.513. The predicted molar refractivity (Wildman–Crippen MR) is 67.5 cm³/mol. The van der Waals surface area contributed by atoms with Gasteiger partial charge in [0.2, 0.25) is 0 Å². The summed E-state index contributed by atoms with van der Waals surface area (Å²) in [5, 5.41) is 0.766. The van der Waals surface area contributed by atoms with Crippen molar-refractivity contribution in [3.63, 3.8) is 0 Å². The zero-order valence-corrected chi connectivity index (χ0v) is 10.3. The molecular formula is C13H13ClN2O. The molecule has 4 heteroatoms. The van der Waals surface area contributed by atoms with Gasteiger partial charge in [-0.2, -0.15) is 0 Å². The number of aromatic nitrogens is 2. The van der Waals surface area contributed by atoms with Crippen molar-refractivity contribution in [2.45, 2.75) is 12.8 Å². The summed E-state index contributed by atoms with van der Waals surface area (Å²) < 4.78 is 1.88. The molecule has 2 rings (SSSR count). The van der Waals surface area contributed by atoms with Gasteiger partial charge >= 0.3 is 0 Å². The molecule has 88 valence electrons. The first-order chi connectivity index (χ1) is 8.22. The molecule has 0 saturated heterocycles. The summed E-state index contributed by atoms with van der Waals surface area (Å²) in [4.78, 5) is 14.8. The molecule has 0 aliphatic carbocycles. The quantitative estimate of drug-likeness (QED) is 0.780. The second-order valence-corrected chi connectivity index (χ2v) is 4.30. The number of imidazole rings is 1. The third-order valence-electron chi connectivity index (χ3n) is 2.79. The number of nitrogens with zero attached hydrogens (tertiary/aromatic N) is 2. The maximum Gasteiger partial charge on any atom is 0.170 e. The number of halogens is 1. The van der Waals surface area contributed by atoms with Crippen LogP contribution in [0.1, 0.15) is 21.7 Å². The molecule has 0 saturated carbocycles. The minimum Gasteiger partial charge on any atom is -0.337 e. The van der Waals surface area contributed by atoms with Crippen molar-refractivity contribution in [1.29, 1.82) is 0 Å². The average Bonchev–Trinajstić information content (AvgIpc) is 2.69. The smallest absolute Gasteiger partial charge is 0.170 e. The van der Waals surface area contributed by atoms with Gasteiger partial charge in [-0.05, 0) is 24.5 Å². The SMILES string of the molecule is Cn1cnc(C=O)c1CCc1ccccc1Cl. The highest BCUT2D eigenvalue weighted by molar-refractivity contribution is 6.31. The van der Waals surface area contributed by atoms with Crippen molar-refractivity contribution in [3.05, 3.63) is 52.6 Å². The Balaban J connectivity index is 2.15. The summed E-state index contributed by atoms with van der Waals surface area (Å²) >= 11 is 6.09. The van der Waals surface area contributed by atoms with E-state index < -0.39 is 0 Å². The molecule has 0 N–H and O–H groups in total. The zero-order chi connectivity index (χ0) is 12.3. The molecule has 0 aliphatic rings. The van der Waals surface area contributed by atoms with Gasteiger partial charge in [0.15, 0.2) is 6.29 Å². The maximum absolute atomic E-state index is 10.8. The summed E-state index contributed by atoms with van der Waals surface area (Å²) in [5.74, 6) is 0. The van der Waals surface area contributed by atoms with Gasteiger partial charge in [-0.1, -0.05) is 29.8 Å². The lowest BCUT2D eigenvalue weighted by atomic mass is 10.1. The van der Waals surface area contributed by atoms with Gasteiger partial charge < -0.3 is 4.57 Å². The van der Waals surface area contributed by atoms with Crippen molar-refractivity contribution in [1.82, 2.24) is 9.55 Å². The number of rotatable bonds is 4. The summed E-state index contributed by atoms with van der Waals surface area (Å²) in [6.07, 6.45) is 4.02. The van der Waals surface area contributed by atoms with Gasteiger partial charge in [-0.25, -0.2) is 4.98 Å². The Kier molecular flexibility index (Phi) is 3.59. The highest BCUT2D eigenvalue weighted by Crippen LogP contribution is 2.17. The van der Waals surface area contributed by atoms with Crippen molar-refractivity contribution in [2.24, 2.45) is 7.05 Å². The molecule has 1 aromatic heterocycles. The van der Waals surface area contributed by atoms with Gasteiger partial charge in [-0.15, -0.1) is 0 Å². The van der Waals surface area contributed by atoms with Crippen LogP contribution in [-0.4, -0.2) is 15.8 Å². The fourth-order valence-electron chi connectivity index (χ4n) is 1.83. The van der Waals surface area contributed by atoms with Crippen molar-refractivity contribution in [3.8, 4) is 0 Å².